The van der Waals surface area contributed by atoms with Crippen molar-refractivity contribution in [2.75, 3.05) is 6.61 Å². The molecule has 1 unspecified atom stereocenters. The van der Waals surface area contributed by atoms with Gasteiger partial charge in [0.2, 0.25) is 0 Å². The Balaban J connectivity index is 1.30. The highest BCUT2D eigenvalue weighted by Crippen LogP contribution is 2.61. The normalized spacial score (nSPS) is 45.1. The lowest BCUT2D eigenvalue weighted by atomic mass is 9.49. The van der Waals surface area contributed by atoms with E-state index in [9.17, 15) is 9.90 Å². The first-order valence-corrected chi connectivity index (χ1v) is 11.6. The van der Waals surface area contributed by atoms with E-state index in [2.05, 4.69) is 18.1 Å². The maximum Gasteiger partial charge on any atom is 0.183 e. The second kappa shape index (κ2) is 7.17. The van der Waals surface area contributed by atoms with Crippen molar-refractivity contribution in [2.45, 2.75) is 77.0 Å². The van der Waals surface area contributed by atoms with Crippen molar-refractivity contribution in [3.05, 3.63) is 18.0 Å². The molecule has 1 N–H and O–H groups in total. The highest BCUT2D eigenvalue weighted by atomic mass is 16.5. The van der Waals surface area contributed by atoms with Crippen molar-refractivity contribution in [1.82, 2.24) is 9.78 Å². The van der Waals surface area contributed by atoms with E-state index in [-0.39, 0.29) is 23.8 Å². The SMILES string of the molecule is C[C@@]1(O)CC[C@@H]2C3CC[C@]4(C)[C@@H](C(=O)Cn5cc(C#N)cn5)OC[C@H]4[C@@H]3CC[C@@H]2C1. The summed E-state index contributed by atoms with van der Waals surface area (Å²) in [5.74, 6) is 3.28. The molecule has 1 aromatic heterocycles. The smallest absolute Gasteiger partial charge is 0.183 e. The van der Waals surface area contributed by atoms with Gasteiger partial charge in [-0.25, -0.2) is 0 Å². The summed E-state index contributed by atoms with van der Waals surface area (Å²) >= 11 is 0. The largest absolute Gasteiger partial charge is 0.390 e. The van der Waals surface area contributed by atoms with Gasteiger partial charge in [-0.05, 0) is 81.5 Å². The van der Waals surface area contributed by atoms with Gasteiger partial charge in [-0.2, -0.15) is 10.4 Å². The molecule has 0 amide bonds. The Morgan fingerprint density at radius 2 is 2.07 bits per heavy atom. The van der Waals surface area contributed by atoms with Gasteiger partial charge >= 0.3 is 0 Å². The topological polar surface area (TPSA) is 88.1 Å². The molecular weight excluding hydrogens is 378 g/mol. The van der Waals surface area contributed by atoms with E-state index in [0.29, 0.717) is 29.9 Å². The summed E-state index contributed by atoms with van der Waals surface area (Å²) in [6.45, 7) is 5.13. The summed E-state index contributed by atoms with van der Waals surface area (Å²) < 4.78 is 7.75. The number of nitrogens with zero attached hydrogens (tertiary/aromatic N) is 3. The number of carbonyl (C=O) groups is 1. The molecule has 3 aliphatic carbocycles. The fourth-order valence-corrected chi connectivity index (χ4v) is 7.67. The molecule has 1 saturated heterocycles. The zero-order valence-electron chi connectivity index (χ0n) is 18.1. The van der Waals surface area contributed by atoms with Gasteiger partial charge in [0.1, 0.15) is 18.7 Å². The lowest BCUT2D eigenvalue weighted by Gasteiger charge is -2.56. The average molecular weight is 412 g/mol. The Hall–Kier alpha value is -1.71. The fourth-order valence-electron chi connectivity index (χ4n) is 7.67. The summed E-state index contributed by atoms with van der Waals surface area (Å²) in [5, 5.41) is 23.7. The van der Waals surface area contributed by atoms with Gasteiger partial charge in [-0.15, -0.1) is 0 Å². The van der Waals surface area contributed by atoms with Crippen LogP contribution in [0.5, 0.6) is 0 Å². The van der Waals surface area contributed by atoms with E-state index in [1.54, 1.807) is 10.9 Å². The van der Waals surface area contributed by atoms with E-state index in [0.717, 1.165) is 37.5 Å². The third-order valence-electron chi connectivity index (χ3n) is 9.09. The number of fused-ring (bicyclic) bond motifs is 5. The van der Waals surface area contributed by atoms with Gasteiger partial charge < -0.3 is 9.84 Å². The van der Waals surface area contributed by atoms with Crippen LogP contribution < -0.4 is 0 Å². The molecule has 5 rings (SSSR count). The third kappa shape index (κ3) is 3.22. The van der Waals surface area contributed by atoms with Crippen molar-refractivity contribution in [1.29, 1.82) is 5.26 Å². The molecule has 4 aliphatic rings. The zero-order chi connectivity index (χ0) is 21.1. The van der Waals surface area contributed by atoms with Gasteiger partial charge in [0.05, 0.1) is 24.0 Å². The number of hydrogen-bond donors (Lipinski definition) is 1. The first kappa shape index (κ1) is 20.2. The van der Waals surface area contributed by atoms with E-state index in [1.165, 1.54) is 25.5 Å². The third-order valence-corrected chi connectivity index (χ3v) is 9.09. The van der Waals surface area contributed by atoms with Gasteiger partial charge in [0.15, 0.2) is 5.78 Å². The summed E-state index contributed by atoms with van der Waals surface area (Å²) in [5.41, 5.74) is -0.109. The molecule has 6 heteroatoms. The first-order chi connectivity index (χ1) is 14.3. The summed E-state index contributed by atoms with van der Waals surface area (Å²) in [7, 11) is 0. The molecule has 0 radical (unpaired) electrons. The predicted octanol–water partition coefficient (Wildman–Crippen LogP) is 3.33. The first-order valence-electron chi connectivity index (χ1n) is 11.6. The molecule has 0 spiro atoms. The molecule has 4 fully saturated rings. The number of hydrogen-bond acceptors (Lipinski definition) is 5. The van der Waals surface area contributed by atoms with Crippen LogP contribution in [0.3, 0.4) is 0 Å². The predicted molar refractivity (Wildman–Crippen MR) is 110 cm³/mol. The number of ether oxygens (including phenoxy) is 1. The highest BCUT2D eigenvalue weighted by Gasteiger charge is 2.59. The number of ketones is 1. The molecule has 30 heavy (non-hydrogen) atoms. The summed E-state index contributed by atoms with van der Waals surface area (Å²) in [6, 6.07) is 2.06. The Morgan fingerprint density at radius 1 is 1.27 bits per heavy atom. The second-order valence-electron chi connectivity index (χ2n) is 10.9. The van der Waals surface area contributed by atoms with Crippen LogP contribution in [0.1, 0.15) is 64.4 Å². The van der Waals surface area contributed by atoms with Gasteiger partial charge in [-0.1, -0.05) is 6.92 Å². The molecular formula is C24H33N3O3. The molecule has 162 valence electrons. The van der Waals surface area contributed by atoms with Crippen LogP contribution in [0, 0.1) is 46.3 Å². The standard InChI is InChI=1S/C24H33N3O3/c1-23(29)7-5-17-16(9-23)3-4-19-18(17)6-8-24(2)20(19)14-30-22(24)21(28)13-27-12-15(10-25)11-26-27/h11-12,16-20,22,29H,3-9,13-14H2,1-2H3/t16-,17+,18?,19-,20+,22-,23-,24+/m1/s1. The maximum atomic E-state index is 13.1. The van der Waals surface area contributed by atoms with Gasteiger partial charge in [0, 0.05) is 11.6 Å². The minimum Gasteiger partial charge on any atom is -0.390 e. The monoisotopic (exact) mass is 411 g/mol. The number of aliphatic hydroxyl groups is 1. The van der Waals surface area contributed by atoms with Crippen LogP contribution in [0.15, 0.2) is 12.4 Å². The van der Waals surface area contributed by atoms with Crippen molar-refractivity contribution >= 4 is 5.78 Å². The Kier molecular flexibility index (Phi) is 4.83. The van der Waals surface area contributed by atoms with E-state index in [1.807, 2.05) is 6.92 Å². The molecule has 1 aliphatic heterocycles. The molecule has 2 heterocycles. The van der Waals surface area contributed by atoms with Crippen molar-refractivity contribution in [3.63, 3.8) is 0 Å². The summed E-state index contributed by atoms with van der Waals surface area (Å²) in [6.07, 6.45) is 10.4. The second-order valence-corrected chi connectivity index (χ2v) is 10.9. The summed E-state index contributed by atoms with van der Waals surface area (Å²) in [4.78, 5) is 13.1. The van der Waals surface area contributed by atoms with Crippen molar-refractivity contribution < 1.29 is 14.6 Å². The lowest BCUT2D eigenvalue weighted by Crippen LogP contribution is -2.52. The molecule has 0 aromatic carbocycles. The number of rotatable bonds is 3. The van der Waals surface area contributed by atoms with Crippen LogP contribution in [0.2, 0.25) is 0 Å². The Bertz CT molecular complexity index is 871. The molecule has 8 atom stereocenters. The van der Waals surface area contributed by atoms with E-state index >= 15 is 0 Å². The maximum absolute atomic E-state index is 13.1. The Labute approximate surface area is 178 Å². The van der Waals surface area contributed by atoms with Crippen molar-refractivity contribution in [3.8, 4) is 6.07 Å². The number of nitriles is 1. The van der Waals surface area contributed by atoms with E-state index in [4.69, 9.17) is 10.00 Å². The fraction of sp³-hybridized carbons (Fsp3) is 0.792. The lowest BCUT2D eigenvalue weighted by molar-refractivity contribution is -0.136. The average Bonchev–Trinajstić information content (AvgIpc) is 3.30. The number of aromatic nitrogens is 2. The quantitative estimate of drug-likeness (QED) is 0.824. The zero-order valence-corrected chi connectivity index (χ0v) is 18.1. The molecule has 0 bridgehead atoms. The van der Waals surface area contributed by atoms with Crippen LogP contribution >= 0.6 is 0 Å². The van der Waals surface area contributed by atoms with Crippen LogP contribution in [0.4, 0.5) is 0 Å². The highest BCUT2D eigenvalue weighted by molar-refractivity contribution is 5.84. The molecule has 3 saturated carbocycles. The van der Waals surface area contributed by atoms with Crippen LogP contribution in [0.25, 0.3) is 0 Å². The minimum atomic E-state index is -0.483. The molecule has 6 nitrogen and oxygen atoms in total. The minimum absolute atomic E-state index is 0.0773. The van der Waals surface area contributed by atoms with E-state index < -0.39 is 5.60 Å². The van der Waals surface area contributed by atoms with Gasteiger partial charge in [-0.3, -0.25) is 9.48 Å². The van der Waals surface area contributed by atoms with Crippen LogP contribution in [-0.2, 0) is 16.1 Å². The van der Waals surface area contributed by atoms with Crippen molar-refractivity contribution in [2.24, 2.45) is 35.0 Å². The van der Waals surface area contributed by atoms with Gasteiger partial charge in [0.25, 0.3) is 0 Å². The van der Waals surface area contributed by atoms with Crippen LogP contribution in [-0.4, -0.2) is 39.0 Å². The number of carbonyl (C=O) groups excluding carboxylic acids is 1. The molecule has 1 aromatic rings. The Morgan fingerprint density at radius 3 is 2.83 bits per heavy atom. The number of Topliss-reactive ketones (excluding diaryl/α,β-unsaturated/α-hetero) is 1.